The van der Waals surface area contributed by atoms with Crippen LogP contribution in [-0.4, -0.2) is 71.2 Å². The molecule has 11 nitrogen and oxygen atoms in total. The van der Waals surface area contributed by atoms with Gasteiger partial charge >= 0.3 is 0 Å². The van der Waals surface area contributed by atoms with E-state index >= 15 is 0 Å². The van der Waals surface area contributed by atoms with Gasteiger partial charge in [0.1, 0.15) is 24.2 Å². The van der Waals surface area contributed by atoms with Crippen molar-refractivity contribution in [3.8, 4) is 11.5 Å². The maximum Gasteiger partial charge on any atom is 0.262 e. The van der Waals surface area contributed by atoms with E-state index < -0.39 is 26.2 Å². The summed E-state index contributed by atoms with van der Waals surface area (Å²) in [6, 6.07) is 19.7. The molecule has 1 saturated heterocycles. The van der Waals surface area contributed by atoms with Gasteiger partial charge in [-0.2, -0.15) is 0 Å². The monoisotopic (exact) mass is 632 g/mol. The number of aromatic hydroxyl groups is 1. The minimum absolute atomic E-state index is 0.0178. The third-order valence-electron chi connectivity index (χ3n) is 7.12. The van der Waals surface area contributed by atoms with Crippen molar-refractivity contribution in [2.24, 2.45) is 0 Å². The van der Waals surface area contributed by atoms with E-state index in [4.69, 9.17) is 4.74 Å². The number of unbranched alkanes of at least 4 members (excludes halogenated alkanes) is 1. The molecule has 0 bridgehead atoms. The van der Waals surface area contributed by atoms with Crippen LogP contribution in [0, 0.1) is 0 Å². The molecule has 1 aliphatic rings. The van der Waals surface area contributed by atoms with E-state index in [1.807, 2.05) is 19.1 Å². The second-order valence-corrected chi connectivity index (χ2v) is 14.1. The average Bonchev–Trinajstić information content (AvgIpc) is 3.00. The SMILES string of the molecule is CCCCS(=O)(=O)Nc1ccc(N2CCC(NC[C@@H](O)COc3ccc(O)c(NS(=O)(=O)c4ccccc4)c3)CC2)cc1. The fraction of sp³-hybridized carbons (Fsp3) is 0.400. The van der Waals surface area contributed by atoms with Crippen LogP contribution in [0.5, 0.6) is 11.5 Å². The lowest BCUT2D eigenvalue weighted by molar-refractivity contribution is 0.102. The molecular weight excluding hydrogens is 592 g/mol. The van der Waals surface area contributed by atoms with Crippen LogP contribution in [-0.2, 0) is 20.0 Å². The van der Waals surface area contributed by atoms with Gasteiger partial charge in [0, 0.05) is 43.1 Å². The number of phenols is 1. The zero-order valence-electron chi connectivity index (χ0n) is 24.1. The first-order chi connectivity index (χ1) is 20.5. The van der Waals surface area contributed by atoms with Crippen molar-refractivity contribution in [2.75, 3.05) is 46.3 Å². The molecule has 0 saturated carbocycles. The van der Waals surface area contributed by atoms with Crippen LogP contribution in [0.1, 0.15) is 32.6 Å². The molecule has 3 aromatic rings. The number of hydrogen-bond acceptors (Lipinski definition) is 9. The summed E-state index contributed by atoms with van der Waals surface area (Å²) in [6.45, 7) is 3.90. The summed E-state index contributed by atoms with van der Waals surface area (Å²) in [5.74, 6) is 0.169. The fourth-order valence-corrected chi connectivity index (χ4v) is 7.04. The van der Waals surface area contributed by atoms with Crippen LogP contribution in [0.4, 0.5) is 17.1 Å². The van der Waals surface area contributed by atoms with Crippen molar-refractivity contribution < 1.29 is 31.8 Å². The van der Waals surface area contributed by atoms with Crippen LogP contribution in [0.25, 0.3) is 0 Å². The standard InChI is InChI=1S/C30H40N4O7S2/c1-2-3-19-42(37,38)32-24-9-11-25(12-10-24)34-17-15-23(16-18-34)31-21-26(35)22-41-27-13-14-30(36)29(20-27)33-43(39,40)28-7-5-4-6-8-28/h4-14,20,23,26,31-33,35-36H,2-3,15-19,21-22H2,1H3/t26-/m1/s1. The van der Waals surface area contributed by atoms with E-state index in [2.05, 4.69) is 19.7 Å². The zero-order valence-corrected chi connectivity index (χ0v) is 25.8. The second-order valence-electron chi connectivity index (χ2n) is 10.6. The summed E-state index contributed by atoms with van der Waals surface area (Å²) in [4.78, 5) is 2.32. The molecule has 0 spiro atoms. The first-order valence-electron chi connectivity index (χ1n) is 14.4. The molecule has 0 unspecified atom stereocenters. The molecule has 4 rings (SSSR count). The number of rotatable bonds is 15. The first kappa shape index (κ1) is 32.4. The Morgan fingerprint density at radius 3 is 2.33 bits per heavy atom. The number of benzene rings is 3. The average molecular weight is 633 g/mol. The topological polar surface area (TPSA) is 157 Å². The van der Waals surface area contributed by atoms with Crippen molar-refractivity contribution in [3.05, 3.63) is 72.8 Å². The van der Waals surface area contributed by atoms with Crippen molar-refractivity contribution in [3.63, 3.8) is 0 Å². The van der Waals surface area contributed by atoms with Crippen LogP contribution in [0.2, 0.25) is 0 Å². The van der Waals surface area contributed by atoms with E-state index in [1.54, 1.807) is 30.3 Å². The molecule has 3 aromatic carbocycles. The molecule has 13 heteroatoms. The van der Waals surface area contributed by atoms with E-state index in [0.29, 0.717) is 24.4 Å². The molecule has 43 heavy (non-hydrogen) atoms. The molecule has 1 heterocycles. The Labute approximate surface area is 254 Å². The molecule has 234 valence electrons. The van der Waals surface area contributed by atoms with Crippen molar-refractivity contribution >= 4 is 37.1 Å². The lowest BCUT2D eigenvalue weighted by atomic mass is 10.0. The number of aliphatic hydroxyl groups excluding tert-OH is 1. The first-order valence-corrected chi connectivity index (χ1v) is 17.5. The minimum Gasteiger partial charge on any atom is -0.506 e. The van der Waals surface area contributed by atoms with Crippen molar-refractivity contribution in [2.45, 2.75) is 49.6 Å². The molecule has 1 fully saturated rings. The number of sulfonamides is 2. The zero-order chi connectivity index (χ0) is 30.9. The number of nitrogens with zero attached hydrogens (tertiary/aromatic N) is 1. The van der Waals surface area contributed by atoms with Gasteiger partial charge in [0.2, 0.25) is 10.0 Å². The molecule has 1 aliphatic heterocycles. The Hall–Kier alpha value is -3.52. The van der Waals surface area contributed by atoms with Crippen LogP contribution < -0.4 is 24.4 Å². The van der Waals surface area contributed by atoms with Gasteiger partial charge in [-0.15, -0.1) is 0 Å². The second kappa shape index (κ2) is 14.8. The summed E-state index contributed by atoms with van der Waals surface area (Å²) in [5, 5.41) is 24.0. The van der Waals surface area contributed by atoms with Gasteiger partial charge in [-0.1, -0.05) is 31.5 Å². The Morgan fingerprint density at radius 2 is 1.65 bits per heavy atom. The number of anilines is 3. The number of nitrogens with one attached hydrogen (secondary N) is 3. The number of piperidine rings is 1. The molecular formula is C30H40N4O7S2. The largest absolute Gasteiger partial charge is 0.506 e. The smallest absolute Gasteiger partial charge is 0.262 e. The number of phenolic OH excluding ortho intramolecular Hbond substituents is 1. The maximum absolute atomic E-state index is 12.6. The molecule has 0 radical (unpaired) electrons. The third kappa shape index (κ3) is 9.75. The summed E-state index contributed by atoms with van der Waals surface area (Å²) in [5.41, 5.74) is 1.57. The van der Waals surface area contributed by atoms with Crippen LogP contribution in [0.3, 0.4) is 0 Å². The van der Waals surface area contributed by atoms with Gasteiger partial charge in [-0.25, -0.2) is 16.8 Å². The molecule has 1 atom stereocenters. The van der Waals surface area contributed by atoms with E-state index in [1.165, 1.54) is 30.3 Å². The third-order valence-corrected chi connectivity index (χ3v) is 9.87. The Morgan fingerprint density at radius 1 is 0.953 bits per heavy atom. The van der Waals surface area contributed by atoms with Crippen molar-refractivity contribution in [1.29, 1.82) is 0 Å². The highest BCUT2D eigenvalue weighted by Crippen LogP contribution is 2.30. The van der Waals surface area contributed by atoms with Gasteiger partial charge in [0.15, 0.2) is 0 Å². The number of hydrogen-bond donors (Lipinski definition) is 5. The Kier molecular flexibility index (Phi) is 11.1. The van der Waals surface area contributed by atoms with Crippen LogP contribution >= 0.6 is 0 Å². The van der Waals surface area contributed by atoms with Gasteiger partial charge in [-0.3, -0.25) is 9.44 Å². The summed E-state index contributed by atoms with van der Waals surface area (Å²) >= 11 is 0. The highest BCUT2D eigenvalue weighted by atomic mass is 32.2. The molecule has 0 aliphatic carbocycles. The Bertz CT molecular complexity index is 1530. The Balaban J connectivity index is 1.19. The van der Waals surface area contributed by atoms with E-state index in [-0.39, 0.29) is 34.7 Å². The van der Waals surface area contributed by atoms with Gasteiger partial charge in [-0.05, 0) is 67.8 Å². The molecule has 0 aromatic heterocycles. The van der Waals surface area contributed by atoms with E-state index in [0.717, 1.165) is 38.0 Å². The van der Waals surface area contributed by atoms with Gasteiger partial charge in [0.25, 0.3) is 10.0 Å². The van der Waals surface area contributed by atoms with Gasteiger partial charge in [0.05, 0.1) is 16.3 Å². The van der Waals surface area contributed by atoms with Gasteiger partial charge < -0.3 is 25.2 Å². The number of ether oxygens (including phenoxy) is 1. The molecule has 5 N–H and O–H groups in total. The lowest BCUT2D eigenvalue weighted by Crippen LogP contribution is -2.45. The summed E-state index contributed by atoms with van der Waals surface area (Å²) < 4.78 is 60.2. The highest BCUT2D eigenvalue weighted by Gasteiger charge is 2.21. The molecule has 0 amide bonds. The number of aliphatic hydroxyl groups is 1. The quantitative estimate of drug-likeness (QED) is 0.158. The fourth-order valence-electron chi connectivity index (χ4n) is 4.69. The van der Waals surface area contributed by atoms with E-state index in [9.17, 15) is 27.0 Å². The lowest BCUT2D eigenvalue weighted by Gasteiger charge is -2.34. The minimum atomic E-state index is -3.89. The maximum atomic E-state index is 12.6. The normalized spacial score (nSPS) is 15.2. The van der Waals surface area contributed by atoms with Crippen LogP contribution in [0.15, 0.2) is 77.7 Å². The predicted octanol–water partition coefficient (Wildman–Crippen LogP) is 3.73. The predicted molar refractivity (Wildman–Crippen MR) is 169 cm³/mol. The highest BCUT2D eigenvalue weighted by molar-refractivity contribution is 7.93. The van der Waals surface area contributed by atoms with Crippen molar-refractivity contribution in [1.82, 2.24) is 5.32 Å². The summed E-state index contributed by atoms with van der Waals surface area (Å²) in [7, 11) is -7.22. The summed E-state index contributed by atoms with van der Waals surface area (Å²) in [6.07, 6.45) is 2.40.